The Hall–Kier alpha value is -4.52. The zero-order valence-electron chi connectivity index (χ0n) is 30.1. The average Bonchev–Trinajstić information content (AvgIpc) is 3.12. The van der Waals surface area contributed by atoms with Gasteiger partial charge in [-0.1, -0.05) is 89.0 Å². The second kappa shape index (κ2) is 28.2. The first kappa shape index (κ1) is 42.6. The van der Waals surface area contributed by atoms with Crippen molar-refractivity contribution in [3.63, 3.8) is 0 Å². The normalized spacial score (nSPS) is 11.1. The highest BCUT2D eigenvalue weighted by Crippen LogP contribution is 2.18. The predicted molar refractivity (Wildman–Crippen MR) is 192 cm³/mol. The van der Waals surface area contributed by atoms with Crippen LogP contribution < -0.4 is 4.74 Å². The summed E-state index contributed by atoms with van der Waals surface area (Å²) in [4.78, 5) is 50.4. The number of nitriles is 1. The molecule has 0 spiro atoms. The molecule has 278 valence electrons. The quantitative estimate of drug-likeness (QED) is 0.0202. The van der Waals surface area contributed by atoms with E-state index >= 15 is 0 Å². The summed E-state index contributed by atoms with van der Waals surface area (Å²) in [5, 5.41) is 8.55. The molecule has 11 nitrogen and oxygen atoms in total. The Bertz CT molecular complexity index is 1350. The third kappa shape index (κ3) is 22.0. The second-order valence-corrected chi connectivity index (χ2v) is 12.5. The van der Waals surface area contributed by atoms with E-state index in [-0.39, 0.29) is 31.9 Å². The Morgan fingerprint density at radius 3 is 1.80 bits per heavy atom. The van der Waals surface area contributed by atoms with E-state index in [9.17, 15) is 19.2 Å². The molecule has 2 aromatic carbocycles. The molecule has 0 aliphatic rings. The molecule has 0 amide bonds. The van der Waals surface area contributed by atoms with E-state index in [2.05, 4.69) is 11.9 Å². The topological polar surface area (TPSA) is 151 Å². The summed E-state index contributed by atoms with van der Waals surface area (Å²) in [5.41, 5.74) is 2.49. The summed E-state index contributed by atoms with van der Waals surface area (Å²) in [6, 6.07) is 14.1. The fraction of sp³-hybridized carbons (Fsp3) is 0.575. The number of rotatable bonds is 29. The fourth-order valence-corrected chi connectivity index (χ4v) is 5.45. The van der Waals surface area contributed by atoms with E-state index in [4.69, 9.17) is 28.9 Å². The lowest BCUT2D eigenvalue weighted by Crippen LogP contribution is -2.24. The highest BCUT2D eigenvalue weighted by atomic mass is 16.6. The monoisotopic (exact) mass is 706 g/mol. The van der Waals surface area contributed by atoms with Crippen LogP contribution >= 0.6 is 0 Å². The molecule has 0 bridgehead atoms. The molecule has 0 fully saturated rings. The number of benzene rings is 2. The Morgan fingerprint density at radius 2 is 1.22 bits per heavy atom. The number of carbonyl (C=O) groups excluding carboxylic acids is 4. The third-order valence-electron chi connectivity index (χ3n) is 8.28. The van der Waals surface area contributed by atoms with Gasteiger partial charge in [0.05, 0.1) is 18.9 Å². The maximum atomic E-state index is 12.5. The smallest absolute Gasteiger partial charge is 0.332 e. The second-order valence-electron chi connectivity index (χ2n) is 12.5. The Labute approximate surface area is 302 Å². The van der Waals surface area contributed by atoms with Gasteiger partial charge in [0.15, 0.2) is 0 Å². The van der Waals surface area contributed by atoms with Gasteiger partial charge in [-0.15, -0.1) is 5.26 Å². The molecule has 0 radical (unpaired) electrons. The van der Waals surface area contributed by atoms with Crippen molar-refractivity contribution in [3.8, 4) is 12.0 Å². The number of hydrogen-bond donors (Lipinski definition) is 0. The standard InChI is InChI=1S/C40H54N2O9/c1-2-3-4-11-14-37(51-40(46)30-47-29-39(45)49-28-26-34-19-23-36(24-20-34)50-31-41)15-12-9-7-5-6-8-10-13-16-38(44)48-27-25-33-17-21-35(22-18-33)42-32-43/h17-24,37H,2-16,25-30H2,1H3/t37-/m1/s1. The van der Waals surface area contributed by atoms with Crippen LogP contribution in [-0.2, 0) is 51.0 Å². The third-order valence-corrected chi connectivity index (χ3v) is 8.28. The molecule has 0 aliphatic heterocycles. The number of esters is 3. The molecule has 0 saturated heterocycles. The van der Waals surface area contributed by atoms with Gasteiger partial charge in [0.2, 0.25) is 6.08 Å². The van der Waals surface area contributed by atoms with Crippen LogP contribution in [-0.4, -0.2) is 56.5 Å². The molecule has 0 N–H and O–H groups in total. The molecule has 0 aliphatic carbocycles. The first-order valence-electron chi connectivity index (χ1n) is 18.3. The summed E-state index contributed by atoms with van der Waals surface area (Å²) >= 11 is 0. The molecule has 0 heterocycles. The maximum absolute atomic E-state index is 12.5. The SMILES string of the molecule is CCCCCC[C@H](CCCCCCCCCCC(=O)OCCc1ccc(N=C=O)cc1)OC(=O)COCC(=O)OCCc1ccc(OC#N)cc1. The van der Waals surface area contributed by atoms with Crippen molar-refractivity contribution in [1.29, 1.82) is 5.26 Å². The molecular formula is C40H54N2O9. The largest absolute Gasteiger partial charge is 0.465 e. The van der Waals surface area contributed by atoms with Crippen LogP contribution in [0.4, 0.5) is 5.69 Å². The maximum Gasteiger partial charge on any atom is 0.332 e. The van der Waals surface area contributed by atoms with Gasteiger partial charge in [0.25, 0.3) is 6.26 Å². The van der Waals surface area contributed by atoms with Gasteiger partial charge in [-0.3, -0.25) is 4.79 Å². The van der Waals surface area contributed by atoms with Crippen LogP contribution in [0.2, 0.25) is 0 Å². The molecule has 0 saturated carbocycles. The zero-order valence-corrected chi connectivity index (χ0v) is 30.1. The lowest BCUT2D eigenvalue weighted by molar-refractivity contribution is -0.159. The van der Waals surface area contributed by atoms with E-state index in [0.717, 1.165) is 101 Å². The number of unbranched alkanes of at least 4 members (excludes halogenated alkanes) is 10. The highest BCUT2D eigenvalue weighted by Gasteiger charge is 2.15. The minimum absolute atomic E-state index is 0.154. The summed E-state index contributed by atoms with van der Waals surface area (Å²) in [5.74, 6) is -0.744. The average molecular weight is 707 g/mol. The molecule has 51 heavy (non-hydrogen) atoms. The molecule has 11 heteroatoms. The van der Waals surface area contributed by atoms with Crippen LogP contribution in [0, 0.1) is 11.5 Å². The van der Waals surface area contributed by atoms with Gasteiger partial charge in [-0.05, 0) is 67.5 Å². The van der Waals surface area contributed by atoms with E-state index in [1.54, 1.807) is 42.7 Å². The van der Waals surface area contributed by atoms with Gasteiger partial charge in [0.1, 0.15) is 25.1 Å². The minimum Gasteiger partial charge on any atom is -0.465 e. The Balaban J connectivity index is 1.50. The first-order chi connectivity index (χ1) is 24.9. The van der Waals surface area contributed by atoms with Gasteiger partial charge in [-0.2, -0.15) is 4.99 Å². The molecule has 1 atom stereocenters. The number of aliphatic imine (C=N–C) groups is 1. The lowest BCUT2D eigenvalue weighted by Gasteiger charge is -2.18. The molecular weight excluding hydrogens is 652 g/mol. The molecule has 0 aromatic heterocycles. The molecule has 0 unspecified atom stereocenters. The summed E-state index contributed by atoms with van der Waals surface area (Å²) in [6.45, 7) is 2.04. The van der Waals surface area contributed by atoms with Crippen molar-refractivity contribution >= 4 is 29.7 Å². The van der Waals surface area contributed by atoms with Crippen LogP contribution in [0.15, 0.2) is 53.5 Å². The van der Waals surface area contributed by atoms with Gasteiger partial charge in [0, 0.05) is 19.3 Å². The van der Waals surface area contributed by atoms with Crippen LogP contribution in [0.3, 0.4) is 0 Å². The van der Waals surface area contributed by atoms with Crippen LogP contribution in [0.25, 0.3) is 0 Å². The van der Waals surface area contributed by atoms with Crippen molar-refractivity contribution in [3.05, 3.63) is 59.7 Å². The summed E-state index contributed by atoms with van der Waals surface area (Å²) in [7, 11) is 0. The number of nitrogens with zero attached hydrogens (tertiary/aromatic N) is 2. The van der Waals surface area contributed by atoms with E-state index in [0.29, 0.717) is 37.3 Å². The number of isocyanates is 1. The molecule has 2 aromatic rings. The van der Waals surface area contributed by atoms with Crippen molar-refractivity contribution in [2.45, 2.75) is 122 Å². The Kier molecular flexibility index (Phi) is 23.6. The first-order valence-corrected chi connectivity index (χ1v) is 18.3. The Morgan fingerprint density at radius 1 is 0.686 bits per heavy atom. The summed E-state index contributed by atoms with van der Waals surface area (Å²) in [6.07, 6.45) is 18.9. The lowest BCUT2D eigenvalue weighted by atomic mass is 10.0. The van der Waals surface area contributed by atoms with E-state index in [1.807, 2.05) is 12.1 Å². The van der Waals surface area contributed by atoms with Crippen molar-refractivity contribution in [1.82, 2.24) is 0 Å². The van der Waals surface area contributed by atoms with Crippen molar-refractivity contribution in [2.24, 2.45) is 4.99 Å². The van der Waals surface area contributed by atoms with Crippen molar-refractivity contribution in [2.75, 3.05) is 26.4 Å². The molecule has 2 rings (SSSR count). The van der Waals surface area contributed by atoms with Gasteiger partial charge in [-0.25, -0.2) is 14.4 Å². The number of carbonyl (C=O) groups is 3. The minimum atomic E-state index is -0.551. The predicted octanol–water partition coefficient (Wildman–Crippen LogP) is 8.19. The highest BCUT2D eigenvalue weighted by molar-refractivity contribution is 5.73. The van der Waals surface area contributed by atoms with E-state index < -0.39 is 11.9 Å². The number of hydrogen-bond acceptors (Lipinski definition) is 11. The van der Waals surface area contributed by atoms with Gasteiger partial charge < -0.3 is 23.7 Å². The van der Waals surface area contributed by atoms with Crippen molar-refractivity contribution < 1.29 is 42.9 Å². The van der Waals surface area contributed by atoms with E-state index in [1.165, 1.54) is 6.08 Å². The van der Waals surface area contributed by atoms with Gasteiger partial charge >= 0.3 is 17.9 Å². The van der Waals surface area contributed by atoms with Crippen LogP contribution in [0.5, 0.6) is 5.75 Å². The zero-order chi connectivity index (χ0) is 36.8. The number of ether oxygens (including phenoxy) is 5. The van der Waals surface area contributed by atoms with Crippen LogP contribution in [0.1, 0.15) is 114 Å². The fourth-order valence-electron chi connectivity index (χ4n) is 5.45. The summed E-state index contributed by atoms with van der Waals surface area (Å²) < 4.78 is 26.3.